The number of hydrogen-bond donors (Lipinski definition) is 0. The van der Waals surface area contributed by atoms with Gasteiger partial charge in [0.15, 0.2) is 5.65 Å². The maximum Gasteiger partial charge on any atom is 0.224 e. The SMILES string of the molecule is Cc1cc(C)c2cc3cnc(Cl)nc3nc2c1. The molecule has 0 unspecified atom stereocenters. The third-order valence-corrected chi connectivity index (χ3v) is 2.98. The number of pyridine rings is 1. The zero-order valence-corrected chi connectivity index (χ0v) is 10.3. The number of aryl methyl sites for hydroxylation is 2. The van der Waals surface area contributed by atoms with E-state index < -0.39 is 0 Å². The van der Waals surface area contributed by atoms with Crippen LogP contribution in [0.2, 0.25) is 5.28 Å². The summed E-state index contributed by atoms with van der Waals surface area (Å²) in [6, 6.07) is 6.26. The monoisotopic (exact) mass is 243 g/mol. The molecule has 0 bridgehead atoms. The van der Waals surface area contributed by atoms with Gasteiger partial charge in [-0.05, 0) is 48.7 Å². The fourth-order valence-corrected chi connectivity index (χ4v) is 2.19. The molecule has 0 amide bonds. The smallest absolute Gasteiger partial charge is 0.224 e. The van der Waals surface area contributed by atoms with Crippen LogP contribution in [0.1, 0.15) is 11.1 Å². The molecule has 3 aromatic rings. The van der Waals surface area contributed by atoms with Crippen LogP contribution in [-0.2, 0) is 0 Å². The Labute approximate surface area is 103 Å². The molecule has 0 atom stereocenters. The van der Waals surface area contributed by atoms with E-state index in [1.54, 1.807) is 6.20 Å². The third-order valence-electron chi connectivity index (χ3n) is 2.80. The average Bonchev–Trinajstić information content (AvgIpc) is 2.26. The third kappa shape index (κ3) is 1.72. The van der Waals surface area contributed by atoms with Crippen molar-refractivity contribution in [3.63, 3.8) is 0 Å². The van der Waals surface area contributed by atoms with Crippen LogP contribution in [0.15, 0.2) is 24.4 Å². The number of rotatable bonds is 0. The van der Waals surface area contributed by atoms with Gasteiger partial charge >= 0.3 is 0 Å². The van der Waals surface area contributed by atoms with E-state index >= 15 is 0 Å². The van der Waals surface area contributed by atoms with Gasteiger partial charge in [0.25, 0.3) is 0 Å². The van der Waals surface area contributed by atoms with Gasteiger partial charge in [0, 0.05) is 17.0 Å². The lowest BCUT2D eigenvalue weighted by molar-refractivity contribution is 1.19. The second kappa shape index (κ2) is 3.64. The van der Waals surface area contributed by atoms with Crippen molar-refractivity contribution in [1.82, 2.24) is 15.0 Å². The van der Waals surface area contributed by atoms with Gasteiger partial charge in [-0.2, -0.15) is 4.98 Å². The predicted molar refractivity (Wildman–Crippen MR) is 69.3 cm³/mol. The molecular formula is C13H10ClN3. The summed E-state index contributed by atoms with van der Waals surface area (Å²) >= 11 is 5.77. The fraction of sp³-hybridized carbons (Fsp3) is 0.154. The molecule has 0 aliphatic carbocycles. The van der Waals surface area contributed by atoms with E-state index in [0.29, 0.717) is 5.65 Å². The Morgan fingerprint density at radius 2 is 1.88 bits per heavy atom. The topological polar surface area (TPSA) is 38.7 Å². The van der Waals surface area contributed by atoms with Gasteiger partial charge in [0.2, 0.25) is 5.28 Å². The van der Waals surface area contributed by atoms with Crippen LogP contribution >= 0.6 is 11.6 Å². The van der Waals surface area contributed by atoms with Gasteiger partial charge in [-0.1, -0.05) is 6.07 Å². The number of hydrogen-bond acceptors (Lipinski definition) is 3. The molecule has 3 nitrogen and oxygen atoms in total. The van der Waals surface area contributed by atoms with Gasteiger partial charge in [0.1, 0.15) is 0 Å². The molecule has 0 spiro atoms. The molecule has 4 heteroatoms. The summed E-state index contributed by atoms with van der Waals surface area (Å²) in [6.07, 6.45) is 1.70. The molecule has 0 radical (unpaired) electrons. The van der Waals surface area contributed by atoms with E-state index in [4.69, 9.17) is 11.6 Å². The lowest BCUT2D eigenvalue weighted by Crippen LogP contribution is -1.91. The maximum atomic E-state index is 5.77. The second-order valence-corrected chi connectivity index (χ2v) is 4.53. The number of benzene rings is 1. The minimum Gasteiger partial charge on any atom is -0.228 e. The van der Waals surface area contributed by atoms with E-state index in [9.17, 15) is 0 Å². The molecule has 0 aliphatic rings. The van der Waals surface area contributed by atoms with Crippen molar-refractivity contribution < 1.29 is 0 Å². The summed E-state index contributed by atoms with van der Waals surface area (Å²) < 4.78 is 0. The summed E-state index contributed by atoms with van der Waals surface area (Å²) in [5.74, 6) is 0. The van der Waals surface area contributed by atoms with Gasteiger partial charge < -0.3 is 0 Å². The van der Waals surface area contributed by atoms with Gasteiger partial charge in [-0.3, -0.25) is 0 Å². The minimum absolute atomic E-state index is 0.230. The first-order valence-corrected chi connectivity index (χ1v) is 5.71. The Bertz CT molecular complexity index is 737. The van der Waals surface area contributed by atoms with Gasteiger partial charge in [-0.25, -0.2) is 9.97 Å². The van der Waals surface area contributed by atoms with E-state index in [-0.39, 0.29) is 5.28 Å². The van der Waals surface area contributed by atoms with E-state index in [0.717, 1.165) is 16.3 Å². The Balaban J connectivity index is 2.47. The van der Waals surface area contributed by atoms with Crippen LogP contribution in [0.25, 0.3) is 21.9 Å². The quantitative estimate of drug-likeness (QED) is 0.448. The van der Waals surface area contributed by atoms with Crippen molar-refractivity contribution in [2.45, 2.75) is 13.8 Å². The van der Waals surface area contributed by atoms with Crippen molar-refractivity contribution in [1.29, 1.82) is 0 Å². The summed E-state index contributed by atoms with van der Waals surface area (Å²) in [7, 11) is 0. The molecule has 0 fully saturated rings. The molecule has 1 aromatic carbocycles. The van der Waals surface area contributed by atoms with Crippen LogP contribution in [-0.4, -0.2) is 15.0 Å². The lowest BCUT2D eigenvalue weighted by Gasteiger charge is -2.05. The van der Waals surface area contributed by atoms with Gasteiger partial charge in [0.05, 0.1) is 5.52 Å². The van der Waals surface area contributed by atoms with Crippen LogP contribution < -0.4 is 0 Å². The molecule has 2 heterocycles. The highest BCUT2D eigenvalue weighted by Crippen LogP contribution is 2.23. The first-order valence-electron chi connectivity index (χ1n) is 5.34. The molecule has 84 valence electrons. The maximum absolute atomic E-state index is 5.77. The number of aromatic nitrogens is 3. The number of nitrogens with zero attached hydrogens (tertiary/aromatic N) is 3. The molecule has 0 aliphatic heterocycles. The van der Waals surface area contributed by atoms with Crippen molar-refractivity contribution >= 4 is 33.5 Å². The second-order valence-electron chi connectivity index (χ2n) is 4.19. The Hall–Kier alpha value is -1.74. The zero-order valence-electron chi connectivity index (χ0n) is 9.53. The van der Waals surface area contributed by atoms with E-state index in [2.05, 4.69) is 47.0 Å². The first-order chi connectivity index (χ1) is 8.13. The Morgan fingerprint density at radius 3 is 2.71 bits per heavy atom. The first kappa shape index (κ1) is 10.4. The lowest BCUT2D eigenvalue weighted by atomic mass is 10.1. The molecule has 0 saturated carbocycles. The van der Waals surface area contributed by atoms with Crippen molar-refractivity contribution in [2.24, 2.45) is 0 Å². The molecule has 3 rings (SSSR count). The van der Waals surface area contributed by atoms with Crippen LogP contribution in [0.4, 0.5) is 0 Å². The molecule has 0 saturated heterocycles. The molecule has 2 aromatic heterocycles. The summed E-state index contributed by atoms with van der Waals surface area (Å²) in [4.78, 5) is 12.6. The minimum atomic E-state index is 0.230. The van der Waals surface area contributed by atoms with Crippen molar-refractivity contribution in [3.05, 3.63) is 40.8 Å². The van der Waals surface area contributed by atoms with E-state index in [1.807, 2.05) is 0 Å². The fourth-order valence-electron chi connectivity index (χ4n) is 2.06. The van der Waals surface area contributed by atoms with E-state index in [1.165, 1.54) is 11.1 Å². The highest BCUT2D eigenvalue weighted by molar-refractivity contribution is 6.28. The molecule has 0 N–H and O–H groups in total. The summed E-state index contributed by atoms with van der Waals surface area (Å²) in [5.41, 5.74) is 4.00. The number of fused-ring (bicyclic) bond motifs is 2. The van der Waals surface area contributed by atoms with Crippen molar-refractivity contribution in [2.75, 3.05) is 0 Å². The Morgan fingerprint density at radius 1 is 1.06 bits per heavy atom. The standard InChI is InChI=1S/C13H10ClN3/c1-7-3-8(2)10-5-9-6-15-13(14)17-12(9)16-11(10)4-7/h3-6H,1-2H3. The van der Waals surface area contributed by atoms with Crippen LogP contribution in [0.5, 0.6) is 0 Å². The summed E-state index contributed by atoms with van der Waals surface area (Å²) in [6.45, 7) is 4.14. The predicted octanol–water partition coefficient (Wildman–Crippen LogP) is 3.45. The van der Waals surface area contributed by atoms with Crippen LogP contribution in [0.3, 0.4) is 0 Å². The highest BCUT2D eigenvalue weighted by atomic mass is 35.5. The Kier molecular flexibility index (Phi) is 2.23. The average molecular weight is 244 g/mol. The number of halogens is 1. The molecule has 17 heavy (non-hydrogen) atoms. The van der Waals surface area contributed by atoms with Crippen LogP contribution in [0, 0.1) is 13.8 Å². The zero-order chi connectivity index (χ0) is 12.0. The summed E-state index contributed by atoms with van der Waals surface area (Å²) in [5, 5.41) is 2.27. The normalized spacial score (nSPS) is 11.2. The van der Waals surface area contributed by atoms with Crippen molar-refractivity contribution in [3.8, 4) is 0 Å². The largest absolute Gasteiger partial charge is 0.228 e. The van der Waals surface area contributed by atoms with Gasteiger partial charge in [-0.15, -0.1) is 0 Å². The molecular weight excluding hydrogens is 234 g/mol. The highest BCUT2D eigenvalue weighted by Gasteiger charge is 2.05.